The van der Waals surface area contributed by atoms with Crippen molar-refractivity contribution < 1.29 is 19.1 Å². The molecule has 2 saturated carbocycles. The topological polar surface area (TPSA) is 55.8 Å². The van der Waals surface area contributed by atoms with E-state index in [0.717, 1.165) is 12.8 Å². The Morgan fingerprint density at radius 2 is 1.88 bits per heavy atom. The molecule has 5 heteroatoms. The number of aliphatic hydroxyl groups is 1. The number of rotatable bonds is 4. The van der Waals surface area contributed by atoms with Crippen molar-refractivity contribution in [1.82, 2.24) is 0 Å². The second-order valence-corrected chi connectivity index (χ2v) is 14.4. The highest BCUT2D eigenvalue weighted by atomic mass is 28.4. The van der Waals surface area contributed by atoms with Gasteiger partial charge < -0.3 is 14.3 Å². The van der Waals surface area contributed by atoms with Gasteiger partial charge in [-0.05, 0) is 69.0 Å². The fraction of sp³-hybridized carbons (Fsp3) is 0.947. The highest BCUT2D eigenvalue weighted by molar-refractivity contribution is 6.74. The van der Waals surface area contributed by atoms with Crippen molar-refractivity contribution >= 4 is 14.3 Å². The second kappa shape index (κ2) is 6.40. The van der Waals surface area contributed by atoms with E-state index in [1.165, 1.54) is 7.11 Å². The second-order valence-electron chi connectivity index (χ2n) is 9.67. The minimum absolute atomic E-state index is 0.136. The van der Waals surface area contributed by atoms with Gasteiger partial charge in [-0.3, -0.25) is 4.79 Å². The normalized spacial score (nSPS) is 38.0. The van der Waals surface area contributed by atoms with Crippen LogP contribution in [0.15, 0.2) is 0 Å². The van der Waals surface area contributed by atoms with Crippen LogP contribution < -0.4 is 0 Å². The lowest BCUT2D eigenvalue weighted by Gasteiger charge is -2.45. The largest absolute Gasteiger partial charge is 0.469 e. The van der Waals surface area contributed by atoms with Gasteiger partial charge in [0, 0.05) is 0 Å². The van der Waals surface area contributed by atoms with E-state index in [4.69, 9.17) is 9.16 Å². The number of carbonyl (C=O) groups is 1. The molecule has 4 nitrogen and oxygen atoms in total. The van der Waals surface area contributed by atoms with E-state index in [9.17, 15) is 9.90 Å². The summed E-state index contributed by atoms with van der Waals surface area (Å²) in [5.41, 5.74) is -0.295. The van der Waals surface area contributed by atoms with Gasteiger partial charge in [0.25, 0.3) is 0 Å². The fourth-order valence-electron chi connectivity index (χ4n) is 4.88. The lowest BCUT2D eigenvalue weighted by molar-refractivity contribution is -0.148. The van der Waals surface area contributed by atoms with E-state index in [2.05, 4.69) is 40.8 Å². The standard InChI is InChI=1S/C19H36O4Si/c1-12(20)13-9-10-15-16(13)14(17(21)22-6)11-19(15,5)23-24(7,8)18(2,3)4/h12-16,20H,9-11H2,1-8H3/t12-,13+,14+,15-,16-,19-/m1/s1. The van der Waals surface area contributed by atoms with E-state index in [-0.39, 0.29) is 40.5 Å². The molecule has 0 radical (unpaired) electrons. The molecular formula is C19H36O4Si. The summed E-state index contributed by atoms with van der Waals surface area (Å²) in [5.74, 6) is 0.378. The zero-order valence-electron chi connectivity index (χ0n) is 16.7. The number of fused-ring (bicyclic) bond motifs is 1. The molecule has 0 bridgehead atoms. The van der Waals surface area contributed by atoms with Gasteiger partial charge in [-0.2, -0.15) is 0 Å². The van der Waals surface area contributed by atoms with Gasteiger partial charge in [0.2, 0.25) is 0 Å². The molecule has 140 valence electrons. The van der Waals surface area contributed by atoms with Crippen molar-refractivity contribution in [1.29, 1.82) is 0 Å². The zero-order chi connectivity index (χ0) is 18.5. The van der Waals surface area contributed by atoms with E-state index in [1.54, 1.807) is 0 Å². The van der Waals surface area contributed by atoms with E-state index >= 15 is 0 Å². The van der Waals surface area contributed by atoms with Gasteiger partial charge in [-0.1, -0.05) is 20.8 Å². The highest BCUT2D eigenvalue weighted by Gasteiger charge is 2.61. The van der Waals surface area contributed by atoms with E-state index in [1.807, 2.05) is 6.92 Å². The summed E-state index contributed by atoms with van der Waals surface area (Å²) >= 11 is 0. The smallest absolute Gasteiger partial charge is 0.309 e. The molecule has 1 N–H and O–H groups in total. The molecule has 0 heterocycles. The summed E-state index contributed by atoms with van der Waals surface area (Å²) in [7, 11) is -0.474. The van der Waals surface area contributed by atoms with Crippen LogP contribution in [0.1, 0.15) is 53.9 Å². The molecule has 2 aliphatic carbocycles. The maximum Gasteiger partial charge on any atom is 0.309 e. The Morgan fingerprint density at radius 3 is 2.33 bits per heavy atom. The molecule has 0 aliphatic heterocycles. The summed E-state index contributed by atoms with van der Waals surface area (Å²) in [6.07, 6.45) is 2.32. The zero-order valence-corrected chi connectivity index (χ0v) is 17.7. The maximum atomic E-state index is 12.4. The van der Waals surface area contributed by atoms with Crippen LogP contribution in [0.4, 0.5) is 0 Å². The average Bonchev–Trinajstić information content (AvgIpc) is 2.97. The Labute approximate surface area is 148 Å². The quantitative estimate of drug-likeness (QED) is 0.611. The Hall–Kier alpha value is -0.393. The molecule has 2 rings (SSSR count). The number of hydrogen-bond acceptors (Lipinski definition) is 4. The summed E-state index contributed by atoms with van der Waals surface area (Å²) < 4.78 is 12.0. The van der Waals surface area contributed by atoms with Crippen molar-refractivity contribution in [3.05, 3.63) is 0 Å². The van der Waals surface area contributed by atoms with Crippen LogP contribution in [0.5, 0.6) is 0 Å². The Kier molecular flexibility index (Phi) is 5.31. The number of hydrogen-bond donors (Lipinski definition) is 1. The average molecular weight is 357 g/mol. The molecule has 0 saturated heterocycles. The molecule has 0 spiro atoms. The maximum absolute atomic E-state index is 12.4. The minimum Gasteiger partial charge on any atom is -0.469 e. The highest BCUT2D eigenvalue weighted by Crippen LogP contribution is 2.59. The fourth-order valence-corrected chi connectivity index (χ4v) is 6.59. The molecule has 6 atom stereocenters. The van der Waals surface area contributed by atoms with Gasteiger partial charge in [0.05, 0.1) is 24.7 Å². The van der Waals surface area contributed by atoms with Gasteiger partial charge in [-0.15, -0.1) is 0 Å². The monoisotopic (exact) mass is 356 g/mol. The number of esters is 1. The molecule has 0 unspecified atom stereocenters. The third-order valence-electron chi connectivity index (χ3n) is 7.06. The van der Waals surface area contributed by atoms with Crippen LogP contribution in [-0.2, 0) is 14.0 Å². The van der Waals surface area contributed by atoms with Crippen LogP contribution >= 0.6 is 0 Å². The SMILES string of the molecule is COC(=O)[C@H]1C[C@@](C)(O[Si](C)(C)C(C)(C)C)[C@@H]2CC[C@@H]([C@@H](C)O)[C@H]12. The van der Waals surface area contributed by atoms with Crippen molar-refractivity contribution in [3.8, 4) is 0 Å². The third kappa shape index (κ3) is 3.32. The van der Waals surface area contributed by atoms with Crippen molar-refractivity contribution in [2.45, 2.75) is 83.7 Å². The van der Waals surface area contributed by atoms with Crippen LogP contribution in [0, 0.1) is 23.7 Å². The first-order chi connectivity index (χ1) is 10.8. The number of methoxy groups -OCH3 is 1. The number of aliphatic hydroxyl groups excluding tert-OH is 1. The summed E-state index contributed by atoms with van der Waals surface area (Å²) in [4.78, 5) is 12.4. The molecule has 0 aromatic rings. The third-order valence-corrected chi connectivity index (χ3v) is 11.7. The van der Waals surface area contributed by atoms with Crippen LogP contribution in [-0.4, -0.2) is 38.2 Å². The van der Waals surface area contributed by atoms with Gasteiger partial charge >= 0.3 is 5.97 Å². The lowest BCUT2D eigenvalue weighted by Crippen LogP contribution is -2.50. The Morgan fingerprint density at radius 1 is 1.29 bits per heavy atom. The molecule has 24 heavy (non-hydrogen) atoms. The first kappa shape index (κ1) is 19.9. The lowest BCUT2D eigenvalue weighted by atomic mass is 9.81. The Balaban J connectivity index is 2.34. The molecule has 0 aromatic carbocycles. The van der Waals surface area contributed by atoms with E-state index in [0.29, 0.717) is 12.3 Å². The predicted molar refractivity (Wildman–Crippen MR) is 98.2 cm³/mol. The molecule has 2 fully saturated rings. The van der Waals surface area contributed by atoms with Crippen molar-refractivity contribution in [2.24, 2.45) is 23.7 Å². The Bertz CT molecular complexity index is 482. The molecule has 2 aliphatic rings. The minimum atomic E-state index is -1.94. The summed E-state index contributed by atoms with van der Waals surface area (Å²) in [6.45, 7) is 15.4. The van der Waals surface area contributed by atoms with Gasteiger partial charge in [0.1, 0.15) is 0 Å². The molecular weight excluding hydrogens is 320 g/mol. The first-order valence-corrected chi connectivity index (χ1v) is 12.2. The van der Waals surface area contributed by atoms with Crippen LogP contribution in [0.3, 0.4) is 0 Å². The van der Waals surface area contributed by atoms with Crippen molar-refractivity contribution in [2.75, 3.05) is 7.11 Å². The summed E-state index contributed by atoms with van der Waals surface area (Å²) in [6, 6.07) is 0. The predicted octanol–water partition coefficient (Wildman–Crippen LogP) is 3.98. The van der Waals surface area contributed by atoms with Gasteiger partial charge in [0.15, 0.2) is 8.32 Å². The summed E-state index contributed by atoms with van der Waals surface area (Å²) in [5, 5.41) is 10.4. The van der Waals surface area contributed by atoms with Crippen LogP contribution in [0.2, 0.25) is 18.1 Å². The molecule has 0 amide bonds. The number of ether oxygens (including phenoxy) is 1. The van der Waals surface area contributed by atoms with Gasteiger partial charge in [-0.25, -0.2) is 0 Å². The first-order valence-electron chi connectivity index (χ1n) is 9.30. The van der Waals surface area contributed by atoms with Crippen LogP contribution in [0.25, 0.3) is 0 Å². The van der Waals surface area contributed by atoms with E-state index < -0.39 is 8.32 Å². The molecule has 0 aromatic heterocycles. The van der Waals surface area contributed by atoms with Crippen molar-refractivity contribution in [3.63, 3.8) is 0 Å². The number of carbonyl (C=O) groups excluding carboxylic acids is 1.